The molecule has 0 unspecified atom stereocenters. The minimum absolute atomic E-state index is 0.813. The van der Waals surface area contributed by atoms with Crippen LogP contribution in [0.25, 0.3) is 10.9 Å². The van der Waals surface area contributed by atoms with E-state index in [0.717, 1.165) is 60.2 Å². The smallest absolute Gasteiger partial charge is 0.145 e. The van der Waals surface area contributed by atoms with Crippen LogP contribution in [0.1, 0.15) is 11.5 Å². The summed E-state index contributed by atoms with van der Waals surface area (Å²) in [6, 6.07) is 10.3. The summed E-state index contributed by atoms with van der Waals surface area (Å²) in [6.07, 6.45) is 1.83. The highest BCUT2D eigenvalue weighted by Gasteiger charge is 2.21. The lowest BCUT2D eigenvalue weighted by Gasteiger charge is -2.37. The predicted octanol–water partition coefficient (Wildman–Crippen LogP) is 2.98. The number of hydrogen-bond donors (Lipinski definition) is 0. The number of fused-ring (bicyclic) bond motifs is 1. The number of pyridine rings is 1. The number of nitrogens with zero attached hydrogens (tertiary/aromatic N) is 5. The van der Waals surface area contributed by atoms with Gasteiger partial charge in [-0.1, -0.05) is 12.1 Å². The maximum absolute atomic E-state index is 5.51. The molecular weight excluding hydrogens is 326 g/mol. The van der Waals surface area contributed by atoms with Crippen LogP contribution in [0.2, 0.25) is 0 Å². The summed E-state index contributed by atoms with van der Waals surface area (Å²) in [4.78, 5) is 18.2. The van der Waals surface area contributed by atoms with Crippen molar-refractivity contribution in [2.45, 2.75) is 13.8 Å². The molecule has 26 heavy (non-hydrogen) atoms. The van der Waals surface area contributed by atoms with Crippen molar-refractivity contribution in [2.75, 3.05) is 43.1 Å². The van der Waals surface area contributed by atoms with E-state index in [4.69, 9.17) is 9.72 Å². The van der Waals surface area contributed by atoms with E-state index in [9.17, 15) is 0 Å². The molecule has 4 rings (SSSR count). The molecule has 0 saturated carbocycles. The van der Waals surface area contributed by atoms with E-state index in [1.807, 2.05) is 38.2 Å². The van der Waals surface area contributed by atoms with E-state index in [-0.39, 0.29) is 0 Å². The summed E-state index contributed by atoms with van der Waals surface area (Å²) in [5.74, 6) is 2.64. The molecule has 1 aliphatic rings. The quantitative estimate of drug-likeness (QED) is 0.725. The van der Waals surface area contributed by atoms with Crippen LogP contribution in [0.5, 0.6) is 5.75 Å². The maximum Gasteiger partial charge on any atom is 0.145 e. The van der Waals surface area contributed by atoms with E-state index in [0.29, 0.717) is 0 Å². The summed E-state index contributed by atoms with van der Waals surface area (Å²) in [7, 11) is 1.70. The van der Waals surface area contributed by atoms with Crippen molar-refractivity contribution < 1.29 is 4.74 Å². The topological polar surface area (TPSA) is 54.4 Å². The van der Waals surface area contributed by atoms with Crippen molar-refractivity contribution in [1.29, 1.82) is 0 Å². The first-order valence-electron chi connectivity index (χ1n) is 8.89. The van der Waals surface area contributed by atoms with Crippen LogP contribution in [0.4, 0.5) is 11.5 Å². The average molecular weight is 349 g/mol. The van der Waals surface area contributed by atoms with Crippen molar-refractivity contribution in [3.63, 3.8) is 0 Å². The van der Waals surface area contributed by atoms with Gasteiger partial charge in [0, 0.05) is 49.1 Å². The van der Waals surface area contributed by atoms with Crippen molar-refractivity contribution >= 4 is 22.4 Å². The summed E-state index contributed by atoms with van der Waals surface area (Å²) in [5.41, 5.74) is 3.16. The number of rotatable bonds is 3. The standard InChI is InChI=1S/C20H23N5O/c1-14-13-17(16-5-4-6-18(26-3)20(16)22-14)24-9-11-25(12-10-24)19-7-8-21-15(2)23-19/h4-8,13H,9-12H2,1-3H3. The fraction of sp³-hybridized carbons (Fsp3) is 0.350. The van der Waals surface area contributed by atoms with Crippen LogP contribution in [-0.2, 0) is 0 Å². The Labute approximate surface area is 153 Å². The third kappa shape index (κ3) is 3.03. The van der Waals surface area contributed by atoms with Crippen LogP contribution < -0.4 is 14.5 Å². The zero-order chi connectivity index (χ0) is 18.1. The van der Waals surface area contributed by atoms with E-state index in [1.54, 1.807) is 7.11 Å². The Kier molecular flexibility index (Phi) is 4.32. The fourth-order valence-corrected chi connectivity index (χ4v) is 3.55. The molecule has 134 valence electrons. The van der Waals surface area contributed by atoms with Crippen LogP contribution in [0, 0.1) is 13.8 Å². The van der Waals surface area contributed by atoms with Gasteiger partial charge in [-0.25, -0.2) is 15.0 Å². The Morgan fingerprint density at radius 2 is 1.73 bits per heavy atom. The monoisotopic (exact) mass is 349 g/mol. The zero-order valence-corrected chi connectivity index (χ0v) is 15.4. The molecule has 3 aromatic rings. The van der Waals surface area contributed by atoms with Crippen molar-refractivity contribution in [3.8, 4) is 5.75 Å². The number of para-hydroxylation sites is 1. The third-order valence-electron chi connectivity index (χ3n) is 4.83. The van der Waals surface area contributed by atoms with Gasteiger partial charge >= 0.3 is 0 Å². The number of piperazine rings is 1. The van der Waals surface area contributed by atoms with Gasteiger partial charge in [0.25, 0.3) is 0 Å². The summed E-state index contributed by atoms with van der Waals surface area (Å²) in [5, 5.41) is 1.14. The van der Waals surface area contributed by atoms with E-state index in [1.165, 1.54) is 5.69 Å². The molecule has 6 heteroatoms. The number of ether oxygens (including phenoxy) is 1. The third-order valence-corrected chi connectivity index (χ3v) is 4.83. The second-order valence-electron chi connectivity index (χ2n) is 6.58. The minimum Gasteiger partial charge on any atom is -0.494 e. The summed E-state index contributed by atoms with van der Waals surface area (Å²) < 4.78 is 5.51. The van der Waals surface area contributed by atoms with Gasteiger partial charge in [0.2, 0.25) is 0 Å². The normalized spacial score (nSPS) is 14.7. The molecule has 1 aliphatic heterocycles. The van der Waals surface area contributed by atoms with E-state index < -0.39 is 0 Å². The SMILES string of the molecule is COc1cccc2c(N3CCN(c4ccnc(C)n4)CC3)cc(C)nc12. The lowest BCUT2D eigenvalue weighted by atomic mass is 10.1. The number of benzene rings is 1. The Hall–Kier alpha value is -2.89. The van der Waals surface area contributed by atoms with Gasteiger partial charge in [-0.15, -0.1) is 0 Å². The molecule has 0 bridgehead atoms. The lowest BCUT2D eigenvalue weighted by Crippen LogP contribution is -2.47. The summed E-state index contributed by atoms with van der Waals surface area (Å²) in [6.45, 7) is 7.72. The number of hydrogen-bond acceptors (Lipinski definition) is 6. The number of aryl methyl sites for hydroxylation is 2. The maximum atomic E-state index is 5.51. The molecular formula is C20H23N5O. The second kappa shape index (κ2) is 6.78. The van der Waals surface area contributed by atoms with Crippen molar-refractivity contribution in [2.24, 2.45) is 0 Å². The van der Waals surface area contributed by atoms with Crippen molar-refractivity contribution in [1.82, 2.24) is 15.0 Å². The van der Waals surface area contributed by atoms with Crippen LogP contribution in [0.15, 0.2) is 36.5 Å². The molecule has 0 spiro atoms. The van der Waals surface area contributed by atoms with Gasteiger partial charge in [0.05, 0.1) is 7.11 Å². The number of aromatic nitrogens is 3. The Balaban J connectivity index is 1.62. The van der Waals surface area contributed by atoms with E-state index in [2.05, 4.69) is 31.9 Å². The molecule has 6 nitrogen and oxygen atoms in total. The largest absolute Gasteiger partial charge is 0.494 e. The summed E-state index contributed by atoms with van der Waals surface area (Å²) >= 11 is 0. The first-order chi connectivity index (χ1) is 12.7. The van der Waals surface area contributed by atoms with Gasteiger partial charge in [-0.05, 0) is 32.0 Å². The van der Waals surface area contributed by atoms with Crippen LogP contribution in [0.3, 0.4) is 0 Å². The molecule has 0 aliphatic carbocycles. The Bertz CT molecular complexity index is 935. The van der Waals surface area contributed by atoms with Gasteiger partial charge < -0.3 is 14.5 Å². The van der Waals surface area contributed by atoms with Crippen LogP contribution >= 0.6 is 0 Å². The molecule has 1 aromatic carbocycles. The first kappa shape index (κ1) is 16.6. The van der Waals surface area contributed by atoms with Gasteiger partial charge in [-0.3, -0.25) is 0 Å². The average Bonchev–Trinajstić information content (AvgIpc) is 2.67. The van der Waals surface area contributed by atoms with E-state index >= 15 is 0 Å². The molecule has 1 saturated heterocycles. The lowest BCUT2D eigenvalue weighted by molar-refractivity contribution is 0.419. The van der Waals surface area contributed by atoms with Crippen LogP contribution in [-0.4, -0.2) is 48.2 Å². The highest BCUT2D eigenvalue weighted by atomic mass is 16.5. The molecule has 3 heterocycles. The molecule has 0 amide bonds. The minimum atomic E-state index is 0.813. The number of anilines is 2. The second-order valence-corrected chi connectivity index (χ2v) is 6.58. The van der Waals surface area contributed by atoms with Gasteiger partial charge in [0.1, 0.15) is 22.9 Å². The van der Waals surface area contributed by atoms with Gasteiger partial charge in [0.15, 0.2) is 0 Å². The highest BCUT2D eigenvalue weighted by Crippen LogP contribution is 2.32. The number of methoxy groups -OCH3 is 1. The highest BCUT2D eigenvalue weighted by molar-refractivity contribution is 5.95. The molecule has 0 atom stereocenters. The molecule has 0 N–H and O–H groups in total. The van der Waals surface area contributed by atoms with Gasteiger partial charge in [-0.2, -0.15) is 0 Å². The molecule has 1 fully saturated rings. The predicted molar refractivity (Wildman–Crippen MR) is 104 cm³/mol. The Morgan fingerprint density at radius 1 is 0.962 bits per heavy atom. The van der Waals surface area contributed by atoms with Crippen molar-refractivity contribution in [3.05, 3.63) is 48.0 Å². The first-order valence-corrected chi connectivity index (χ1v) is 8.89. The molecule has 0 radical (unpaired) electrons. The molecule has 2 aromatic heterocycles. The Morgan fingerprint density at radius 3 is 2.46 bits per heavy atom. The fourth-order valence-electron chi connectivity index (χ4n) is 3.55. The zero-order valence-electron chi connectivity index (χ0n) is 15.4.